The molecule has 0 aliphatic heterocycles. The van der Waals surface area contributed by atoms with Gasteiger partial charge >= 0.3 is 7.12 Å². The Morgan fingerprint density at radius 1 is 1.31 bits per heavy atom. The summed E-state index contributed by atoms with van der Waals surface area (Å²) in [4.78, 5) is 3.82. The van der Waals surface area contributed by atoms with E-state index < -0.39 is 7.12 Å². The second kappa shape index (κ2) is 4.11. The van der Waals surface area contributed by atoms with Crippen LogP contribution in [0.2, 0.25) is 0 Å². The normalized spacial score (nSPS) is 9.54. The number of aromatic nitrogens is 1. The van der Waals surface area contributed by atoms with Crippen molar-refractivity contribution in [1.82, 2.24) is 4.98 Å². The van der Waals surface area contributed by atoms with Crippen LogP contribution in [0.15, 0.2) is 12.3 Å². The van der Waals surface area contributed by atoms with E-state index in [1.807, 2.05) is 0 Å². The lowest BCUT2D eigenvalue weighted by molar-refractivity contribution is 0.343. The van der Waals surface area contributed by atoms with Crippen molar-refractivity contribution in [1.29, 1.82) is 0 Å². The summed E-state index contributed by atoms with van der Waals surface area (Å²) < 4.78 is 9.79. The standard InChI is InChI=1S/C7H10BNO4/c1-12-6-3-5(8(10)11)4-9-7(6)13-2/h3-4,10-11H,1-2H3. The molecule has 0 fully saturated rings. The van der Waals surface area contributed by atoms with Gasteiger partial charge in [0.1, 0.15) is 0 Å². The van der Waals surface area contributed by atoms with Crippen LogP contribution in [0.4, 0.5) is 0 Å². The maximum atomic E-state index is 8.83. The van der Waals surface area contributed by atoms with Gasteiger partial charge < -0.3 is 19.5 Å². The van der Waals surface area contributed by atoms with Crippen LogP contribution in [-0.2, 0) is 0 Å². The van der Waals surface area contributed by atoms with Gasteiger partial charge in [0.25, 0.3) is 5.88 Å². The van der Waals surface area contributed by atoms with Gasteiger partial charge in [-0.3, -0.25) is 0 Å². The van der Waals surface area contributed by atoms with Crippen LogP contribution in [0, 0.1) is 0 Å². The van der Waals surface area contributed by atoms with E-state index in [0.717, 1.165) is 0 Å². The molecule has 0 aliphatic carbocycles. The Labute approximate surface area is 76.1 Å². The summed E-state index contributed by atoms with van der Waals surface area (Å²) in [6.45, 7) is 0. The SMILES string of the molecule is COc1cc(B(O)O)cnc1OC. The highest BCUT2D eigenvalue weighted by Crippen LogP contribution is 2.20. The number of ether oxygens (including phenoxy) is 2. The molecule has 1 rings (SSSR count). The molecule has 6 heteroatoms. The molecule has 70 valence electrons. The lowest BCUT2D eigenvalue weighted by Gasteiger charge is -2.07. The molecule has 0 atom stereocenters. The van der Waals surface area contributed by atoms with Crippen molar-refractivity contribution in [3.63, 3.8) is 0 Å². The molecule has 0 spiro atoms. The maximum absolute atomic E-state index is 8.83. The third-order valence-corrected chi connectivity index (χ3v) is 1.55. The van der Waals surface area contributed by atoms with Crippen molar-refractivity contribution in [2.45, 2.75) is 0 Å². The minimum absolute atomic E-state index is 0.262. The summed E-state index contributed by atoms with van der Waals surface area (Å²) in [6.07, 6.45) is 1.31. The first-order chi connectivity index (χ1) is 6.19. The first kappa shape index (κ1) is 9.82. The Hall–Kier alpha value is -1.27. The zero-order chi connectivity index (χ0) is 9.84. The number of hydrogen-bond acceptors (Lipinski definition) is 5. The lowest BCUT2D eigenvalue weighted by Crippen LogP contribution is -2.30. The van der Waals surface area contributed by atoms with Crippen molar-refractivity contribution in [2.24, 2.45) is 0 Å². The second-order valence-corrected chi connectivity index (χ2v) is 2.35. The molecule has 0 amide bonds. The van der Waals surface area contributed by atoms with Gasteiger partial charge in [-0.2, -0.15) is 0 Å². The zero-order valence-corrected chi connectivity index (χ0v) is 7.39. The van der Waals surface area contributed by atoms with E-state index in [9.17, 15) is 0 Å². The predicted molar refractivity (Wildman–Crippen MR) is 47.2 cm³/mol. The lowest BCUT2D eigenvalue weighted by atomic mass is 9.82. The van der Waals surface area contributed by atoms with Crippen LogP contribution >= 0.6 is 0 Å². The molecule has 2 N–H and O–H groups in total. The van der Waals surface area contributed by atoms with Crippen LogP contribution in [-0.4, -0.2) is 36.4 Å². The number of pyridine rings is 1. The van der Waals surface area contributed by atoms with E-state index in [-0.39, 0.29) is 5.46 Å². The molecule has 1 heterocycles. The third-order valence-electron chi connectivity index (χ3n) is 1.55. The van der Waals surface area contributed by atoms with Gasteiger partial charge in [-0.1, -0.05) is 0 Å². The molecule has 0 radical (unpaired) electrons. The van der Waals surface area contributed by atoms with Crippen LogP contribution in [0.1, 0.15) is 0 Å². The summed E-state index contributed by atoms with van der Waals surface area (Å²) in [5.74, 6) is 0.681. The van der Waals surface area contributed by atoms with Gasteiger partial charge in [-0.15, -0.1) is 0 Å². The van der Waals surface area contributed by atoms with Crippen LogP contribution in [0.5, 0.6) is 11.6 Å². The van der Waals surface area contributed by atoms with Crippen molar-refractivity contribution in [3.05, 3.63) is 12.3 Å². The summed E-state index contributed by atoms with van der Waals surface area (Å²) in [7, 11) is 1.36. The summed E-state index contributed by atoms with van der Waals surface area (Å²) in [6, 6.07) is 1.45. The Morgan fingerprint density at radius 3 is 2.46 bits per heavy atom. The number of hydrogen-bond donors (Lipinski definition) is 2. The van der Waals surface area contributed by atoms with Crippen molar-refractivity contribution < 1.29 is 19.5 Å². The predicted octanol–water partition coefficient (Wildman–Crippen LogP) is -1.22. The summed E-state index contributed by atoms with van der Waals surface area (Å²) >= 11 is 0. The van der Waals surface area contributed by atoms with Gasteiger partial charge in [0, 0.05) is 11.7 Å². The van der Waals surface area contributed by atoms with E-state index in [4.69, 9.17) is 19.5 Å². The number of rotatable bonds is 3. The van der Waals surface area contributed by atoms with E-state index >= 15 is 0 Å². The fourth-order valence-corrected chi connectivity index (χ4v) is 0.888. The fraction of sp³-hybridized carbons (Fsp3) is 0.286. The fourth-order valence-electron chi connectivity index (χ4n) is 0.888. The van der Waals surface area contributed by atoms with E-state index in [1.54, 1.807) is 0 Å². The Bertz CT molecular complexity index is 292. The minimum Gasteiger partial charge on any atom is -0.491 e. The molecule has 0 unspecified atom stereocenters. The first-order valence-corrected chi connectivity index (χ1v) is 3.63. The molecule has 0 aromatic carbocycles. The van der Waals surface area contributed by atoms with Gasteiger partial charge in [0.05, 0.1) is 14.2 Å². The molecule has 0 aliphatic rings. The molecule has 0 bridgehead atoms. The van der Waals surface area contributed by atoms with E-state index in [2.05, 4.69) is 4.98 Å². The summed E-state index contributed by atoms with van der Waals surface area (Å²) in [5, 5.41) is 17.7. The molecular weight excluding hydrogens is 173 g/mol. The highest BCUT2D eigenvalue weighted by Gasteiger charge is 2.14. The monoisotopic (exact) mass is 183 g/mol. The summed E-state index contributed by atoms with van der Waals surface area (Å²) in [5.41, 5.74) is 0.262. The smallest absolute Gasteiger partial charge is 0.490 e. The maximum Gasteiger partial charge on any atom is 0.490 e. The number of nitrogens with zero attached hydrogens (tertiary/aromatic N) is 1. The van der Waals surface area contributed by atoms with Gasteiger partial charge in [-0.05, 0) is 6.07 Å². The van der Waals surface area contributed by atoms with Crippen molar-refractivity contribution in [3.8, 4) is 11.6 Å². The molecule has 1 aromatic heterocycles. The molecule has 5 nitrogen and oxygen atoms in total. The van der Waals surface area contributed by atoms with Gasteiger partial charge in [0.2, 0.25) is 0 Å². The van der Waals surface area contributed by atoms with Crippen molar-refractivity contribution >= 4 is 12.6 Å². The molecule has 1 aromatic rings. The van der Waals surface area contributed by atoms with E-state index in [1.165, 1.54) is 26.5 Å². The molecule has 13 heavy (non-hydrogen) atoms. The van der Waals surface area contributed by atoms with Gasteiger partial charge in [0.15, 0.2) is 5.75 Å². The average molecular weight is 183 g/mol. The molecule has 0 saturated heterocycles. The molecular formula is C7H10BNO4. The Morgan fingerprint density at radius 2 is 2.00 bits per heavy atom. The topological polar surface area (TPSA) is 71.8 Å². The molecule has 0 saturated carbocycles. The minimum atomic E-state index is -1.55. The Balaban J connectivity index is 3.05. The van der Waals surface area contributed by atoms with Crippen LogP contribution in [0.3, 0.4) is 0 Å². The number of methoxy groups -OCH3 is 2. The first-order valence-electron chi connectivity index (χ1n) is 3.63. The average Bonchev–Trinajstić information content (AvgIpc) is 2.16. The second-order valence-electron chi connectivity index (χ2n) is 2.35. The zero-order valence-electron chi connectivity index (χ0n) is 7.39. The van der Waals surface area contributed by atoms with Crippen molar-refractivity contribution in [2.75, 3.05) is 14.2 Å². The Kier molecular flexibility index (Phi) is 3.10. The quantitative estimate of drug-likeness (QED) is 0.574. The van der Waals surface area contributed by atoms with Gasteiger partial charge in [-0.25, -0.2) is 4.98 Å². The largest absolute Gasteiger partial charge is 0.491 e. The highest BCUT2D eigenvalue weighted by molar-refractivity contribution is 6.58. The van der Waals surface area contributed by atoms with E-state index in [0.29, 0.717) is 11.6 Å². The van der Waals surface area contributed by atoms with Crippen LogP contribution in [0.25, 0.3) is 0 Å². The van der Waals surface area contributed by atoms with Crippen LogP contribution < -0.4 is 14.9 Å². The third kappa shape index (κ3) is 2.10. The highest BCUT2D eigenvalue weighted by atomic mass is 16.5.